The van der Waals surface area contributed by atoms with Crippen LogP contribution in [-0.2, 0) is 25.4 Å². The fraction of sp³-hybridized carbons (Fsp3) is 0.615. The lowest BCUT2D eigenvalue weighted by Crippen LogP contribution is -2.56. The van der Waals surface area contributed by atoms with Crippen molar-refractivity contribution in [3.8, 4) is 0 Å². The Kier molecular flexibility index (Phi) is 6.48. The smallest absolute Gasteiger partial charge is 0.355 e. The maximum Gasteiger partial charge on any atom is 0.355 e. The number of aromatic nitrogens is 1. The standard InChI is InChI=1S/C13H23NO5SSi/c1-11(5-6-12-7-9-14-10-8-12)13(20(15,16)17)21(4,18-2)19-3/h7-11,13H,5-6H2,1-4H3,(H,15,16,17). The summed E-state index contributed by atoms with van der Waals surface area (Å²) < 4.78 is 43.8. The van der Waals surface area contributed by atoms with E-state index >= 15 is 0 Å². The highest BCUT2D eigenvalue weighted by molar-refractivity contribution is 7.88. The van der Waals surface area contributed by atoms with Crippen molar-refractivity contribution in [1.82, 2.24) is 4.98 Å². The zero-order chi connectivity index (χ0) is 16.1. The van der Waals surface area contributed by atoms with E-state index in [-0.39, 0.29) is 5.92 Å². The van der Waals surface area contributed by atoms with Gasteiger partial charge in [-0.3, -0.25) is 9.54 Å². The van der Waals surface area contributed by atoms with E-state index in [0.29, 0.717) is 12.8 Å². The minimum atomic E-state index is -4.25. The van der Waals surface area contributed by atoms with Gasteiger partial charge in [-0.25, -0.2) is 0 Å². The Morgan fingerprint density at radius 1 is 1.29 bits per heavy atom. The molecule has 0 bridgehead atoms. The molecule has 6 nitrogen and oxygen atoms in total. The third-order valence-electron chi connectivity index (χ3n) is 3.80. The third kappa shape index (κ3) is 4.85. The average molecular weight is 333 g/mol. The Morgan fingerprint density at radius 3 is 2.24 bits per heavy atom. The van der Waals surface area contributed by atoms with Crippen molar-refractivity contribution in [2.45, 2.75) is 31.2 Å². The van der Waals surface area contributed by atoms with Gasteiger partial charge in [0.15, 0.2) is 0 Å². The molecule has 2 unspecified atom stereocenters. The summed E-state index contributed by atoms with van der Waals surface area (Å²) in [7, 11) is -4.42. The normalized spacial score (nSPS) is 15.7. The summed E-state index contributed by atoms with van der Waals surface area (Å²) in [5.41, 5.74) is 1.07. The lowest BCUT2D eigenvalue weighted by Gasteiger charge is -2.33. The highest BCUT2D eigenvalue weighted by atomic mass is 32.2. The largest absolute Gasteiger partial charge is 0.397 e. The molecule has 0 saturated heterocycles. The van der Waals surface area contributed by atoms with Gasteiger partial charge in [0.05, 0.1) is 0 Å². The van der Waals surface area contributed by atoms with Crippen LogP contribution in [0.3, 0.4) is 0 Å². The van der Waals surface area contributed by atoms with E-state index < -0.39 is 23.6 Å². The summed E-state index contributed by atoms with van der Waals surface area (Å²) >= 11 is 0. The molecule has 1 heterocycles. The maximum atomic E-state index is 11.8. The van der Waals surface area contributed by atoms with Crippen LogP contribution < -0.4 is 0 Å². The highest BCUT2D eigenvalue weighted by Crippen LogP contribution is 2.27. The van der Waals surface area contributed by atoms with Gasteiger partial charge < -0.3 is 8.85 Å². The molecule has 8 heteroatoms. The average Bonchev–Trinajstić information content (AvgIpc) is 2.44. The molecule has 0 aromatic carbocycles. The molecule has 0 fully saturated rings. The van der Waals surface area contributed by atoms with Crippen LogP contribution in [0.25, 0.3) is 0 Å². The third-order valence-corrected chi connectivity index (χ3v) is 10.3. The highest BCUT2D eigenvalue weighted by Gasteiger charge is 2.50. The van der Waals surface area contributed by atoms with E-state index in [2.05, 4.69) is 4.98 Å². The fourth-order valence-corrected chi connectivity index (χ4v) is 7.79. The predicted octanol–water partition coefficient (Wildman–Crippen LogP) is 1.81. The predicted molar refractivity (Wildman–Crippen MR) is 82.7 cm³/mol. The van der Waals surface area contributed by atoms with Crippen LogP contribution in [0, 0.1) is 5.92 Å². The van der Waals surface area contributed by atoms with Crippen molar-refractivity contribution < 1.29 is 21.8 Å². The summed E-state index contributed by atoms with van der Waals surface area (Å²) in [5, 5.41) is 0. The van der Waals surface area contributed by atoms with E-state index in [1.165, 1.54) is 14.2 Å². The van der Waals surface area contributed by atoms with Gasteiger partial charge >= 0.3 is 8.56 Å². The van der Waals surface area contributed by atoms with Crippen LogP contribution in [0.1, 0.15) is 18.9 Å². The molecular formula is C13H23NO5SSi. The molecule has 0 saturated carbocycles. The first-order valence-electron chi connectivity index (χ1n) is 6.70. The van der Waals surface area contributed by atoms with Gasteiger partial charge in [-0.15, -0.1) is 0 Å². The second-order valence-electron chi connectivity index (χ2n) is 5.23. The maximum absolute atomic E-state index is 11.8. The quantitative estimate of drug-likeness (QED) is 0.577. The SMILES string of the molecule is CO[Si](C)(OC)C(C(C)CCc1ccncc1)S(=O)(=O)O. The molecule has 0 aliphatic rings. The Hall–Kier alpha value is -0.803. The van der Waals surface area contributed by atoms with E-state index in [4.69, 9.17) is 8.85 Å². The van der Waals surface area contributed by atoms with Crippen LogP contribution >= 0.6 is 0 Å². The molecule has 0 amide bonds. The molecule has 0 spiro atoms. The first-order chi connectivity index (χ1) is 9.74. The molecule has 2 atom stereocenters. The first kappa shape index (κ1) is 18.2. The van der Waals surface area contributed by atoms with Crippen molar-refractivity contribution >= 4 is 18.7 Å². The van der Waals surface area contributed by atoms with Crippen LogP contribution in [0.5, 0.6) is 0 Å². The molecule has 0 aliphatic carbocycles. The van der Waals surface area contributed by atoms with Crippen LogP contribution in [0.15, 0.2) is 24.5 Å². The first-order valence-corrected chi connectivity index (χ1v) is 10.6. The minimum Gasteiger partial charge on any atom is -0.397 e. The summed E-state index contributed by atoms with van der Waals surface area (Å²) in [6, 6.07) is 3.77. The zero-order valence-corrected chi connectivity index (χ0v) is 14.6. The van der Waals surface area contributed by atoms with Crippen LogP contribution in [-0.4, -0.2) is 45.6 Å². The lowest BCUT2D eigenvalue weighted by atomic mass is 10.0. The van der Waals surface area contributed by atoms with Crippen molar-refractivity contribution in [3.05, 3.63) is 30.1 Å². The summed E-state index contributed by atoms with van der Waals surface area (Å²) in [6.07, 6.45) is 4.70. The number of rotatable bonds is 8. The van der Waals surface area contributed by atoms with Gasteiger partial charge in [0.25, 0.3) is 10.1 Å². The molecule has 1 aromatic heterocycles. The number of hydrogen-bond acceptors (Lipinski definition) is 5. The summed E-state index contributed by atoms with van der Waals surface area (Å²) in [6.45, 7) is 3.44. The molecule has 1 rings (SSSR count). The van der Waals surface area contributed by atoms with Crippen molar-refractivity contribution in [3.63, 3.8) is 0 Å². The van der Waals surface area contributed by atoms with Gasteiger partial charge in [-0.05, 0) is 43.0 Å². The summed E-state index contributed by atoms with van der Waals surface area (Å²) in [4.78, 5) is 2.92. The van der Waals surface area contributed by atoms with Gasteiger partial charge in [0, 0.05) is 26.6 Å². The number of aryl methyl sites for hydroxylation is 1. The monoisotopic (exact) mass is 333 g/mol. The van der Waals surface area contributed by atoms with Gasteiger partial charge in [-0.1, -0.05) is 6.92 Å². The van der Waals surface area contributed by atoms with E-state index in [9.17, 15) is 13.0 Å². The second-order valence-corrected chi connectivity index (χ2v) is 10.7. The van der Waals surface area contributed by atoms with Crippen molar-refractivity contribution in [2.24, 2.45) is 5.92 Å². The molecule has 21 heavy (non-hydrogen) atoms. The minimum absolute atomic E-state index is 0.287. The zero-order valence-electron chi connectivity index (χ0n) is 12.8. The van der Waals surface area contributed by atoms with Crippen molar-refractivity contribution in [2.75, 3.05) is 14.2 Å². The van der Waals surface area contributed by atoms with Gasteiger partial charge in [0.2, 0.25) is 0 Å². The Morgan fingerprint density at radius 2 is 1.81 bits per heavy atom. The lowest BCUT2D eigenvalue weighted by molar-refractivity contribution is 0.234. The van der Waals surface area contributed by atoms with Gasteiger partial charge in [-0.2, -0.15) is 8.42 Å². The van der Waals surface area contributed by atoms with E-state index in [1.54, 1.807) is 25.9 Å². The molecule has 0 aliphatic heterocycles. The van der Waals surface area contributed by atoms with Crippen LogP contribution in [0.2, 0.25) is 6.55 Å². The molecular weight excluding hydrogens is 310 g/mol. The summed E-state index contributed by atoms with van der Waals surface area (Å²) in [5.74, 6) is -0.287. The topological polar surface area (TPSA) is 85.7 Å². The molecule has 0 radical (unpaired) electrons. The van der Waals surface area contributed by atoms with E-state index in [1.807, 2.05) is 12.1 Å². The molecule has 1 N–H and O–H groups in total. The molecule has 1 aromatic rings. The number of hydrogen-bond donors (Lipinski definition) is 1. The Balaban J connectivity index is 2.89. The Labute approximate surface area is 127 Å². The fourth-order valence-electron chi connectivity index (χ4n) is 2.49. The van der Waals surface area contributed by atoms with Crippen LogP contribution in [0.4, 0.5) is 0 Å². The van der Waals surface area contributed by atoms with Gasteiger partial charge in [0.1, 0.15) is 4.87 Å². The van der Waals surface area contributed by atoms with E-state index in [0.717, 1.165) is 5.56 Å². The number of pyridine rings is 1. The number of nitrogens with zero attached hydrogens (tertiary/aromatic N) is 1. The van der Waals surface area contributed by atoms with Crippen molar-refractivity contribution in [1.29, 1.82) is 0 Å². The Bertz CT molecular complexity index is 533. The second kappa shape index (κ2) is 7.46. The molecule has 120 valence electrons.